The van der Waals surface area contributed by atoms with Crippen LogP contribution in [0.15, 0.2) is 42.2 Å². The molecule has 4 rings (SSSR count). The molecule has 0 heterocycles. The number of halogens is 4. The van der Waals surface area contributed by atoms with E-state index in [-0.39, 0.29) is 16.1 Å². The topological polar surface area (TPSA) is 58.9 Å². The average Bonchev–Trinajstić information content (AvgIpc) is 2.95. The molecule has 0 aromatic heterocycles. The van der Waals surface area contributed by atoms with Crippen molar-refractivity contribution in [3.8, 4) is 22.6 Å². The summed E-state index contributed by atoms with van der Waals surface area (Å²) in [6.45, 7) is 0.509. The van der Waals surface area contributed by atoms with Crippen LogP contribution in [0.25, 0.3) is 11.1 Å². The third-order valence-corrected chi connectivity index (χ3v) is 12.7. The molecule has 2 fully saturated rings. The Balaban J connectivity index is 0.00000308. The van der Waals surface area contributed by atoms with Crippen LogP contribution in [0.4, 0.5) is 0 Å². The molecule has 0 saturated heterocycles. The zero-order valence-corrected chi connectivity index (χ0v) is 30.5. The fourth-order valence-corrected chi connectivity index (χ4v) is 10.5. The van der Waals surface area contributed by atoms with E-state index in [0.717, 1.165) is 29.0 Å². The summed E-state index contributed by atoms with van der Waals surface area (Å²) in [6, 6.07) is 8.07. The molecule has 2 saturated carbocycles. The summed E-state index contributed by atoms with van der Waals surface area (Å²) in [5, 5.41) is 22.3. The largest absolute Gasteiger partial charge is 0.488 e. The first-order valence-corrected chi connectivity index (χ1v) is 19.4. The molecular formula is C30H42Br4O4S2. The van der Waals surface area contributed by atoms with Gasteiger partial charge in [-0.25, -0.2) is 0 Å². The summed E-state index contributed by atoms with van der Waals surface area (Å²) in [5.41, 5.74) is 1.99. The average molecular weight is 850 g/mol. The van der Waals surface area contributed by atoms with Crippen LogP contribution in [-0.4, -0.2) is 57.6 Å². The van der Waals surface area contributed by atoms with Gasteiger partial charge >= 0.3 is 0 Å². The van der Waals surface area contributed by atoms with Crippen molar-refractivity contribution in [1.29, 1.82) is 0 Å². The molecule has 40 heavy (non-hydrogen) atoms. The number of thioether (sulfide) groups is 2. The normalized spacial score (nSPS) is 18.4. The maximum absolute atomic E-state index is 10.5. The fraction of sp³-hybridized carbons (Fsp3) is 0.600. The monoisotopic (exact) mass is 846 g/mol. The third-order valence-electron chi connectivity index (χ3n) is 7.32. The summed E-state index contributed by atoms with van der Waals surface area (Å²) >= 11 is 18.4. The van der Waals surface area contributed by atoms with Crippen LogP contribution in [0.2, 0.25) is 0 Å². The molecule has 2 aromatic rings. The van der Waals surface area contributed by atoms with Crippen LogP contribution in [0.1, 0.15) is 67.1 Å². The van der Waals surface area contributed by atoms with E-state index in [1.165, 1.54) is 64.2 Å². The molecule has 2 aliphatic rings. The summed E-state index contributed by atoms with van der Waals surface area (Å²) < 4.78 is 15.3. The van der Waals surface area contributed by atoms with Crippen molar-refractivity contribution < 1.29 is 22.5 Å². The SMILES string of the molecule is OC(COc1c(Br)cc(-c2cc(Br)c(OCC(O)CSC3CCCCC3)c(Br)c2)cc1Br)CSC1CCCCC1.[HH].[HH]. The minimum absolute atomic E-state index is 0. The van der Waals surface area contributed by atoms with Crippen LogP contribution in [0.3, 0.4) is 0 Å². The van der Waals surface area contributed by atoms with E-state index in [0.29, 0.717) is 33.5 Å². The highest BCUT2D eigenvalue weighted by molar-refractivity contribution is 9.11. The number of hydrogen-bond acceptors (Lipinski definition) is 6. The molecule has 0 bridgehead atoms. The first-order chi connectivity index (χ1) is 19.3. The molecule has 10 heteroatoms. The second-order valence-electron chi connectivity index (χ2n) is 10.7. The number of ether oxygens (including phenoxy) is 2. The zero-order chi connectivity index (χ0) is 28.5. The van der Waals surface area contributed by atoms with E-state index in [2.05, 4.69) is 63.7 Å². The van der Waals surface area contributed by atoms with Gasteiger partial charge < -0.3 is 19.7 Å². The fourth-order valence-electron chi connectivity index (χ4n) is 5.14. The van der Waals surface area contributed by atoms with Gasteiger partial charge in [0.05, 0.1) is 30.1 Å². The van der Waals surface area contributed by atoms with Crippen molar-refractivity contribution in [2.45, 2.75) is 86.9 Å². The van der Waals surface area contributed by atoms with E-state index in [9.17, 15) is 10.2 Å². The second kappa shape index (κ2) is 17.2. The van der Waals surface area contributed by atoms with Crippen molar-refractivity contribution >= 4 is 87.2 Å². The van der Waals surface area contributed by atoms with Gasteiger partial charge in [0.2, 0.25) is 0 Å². The highest BCUT2D eigenvalue weighted by Crippen LogP contribution is 2.42. The van der Waals surface area contributed by atoms with Crippen molar-refractivity contribution in [3.05, 3.63) is 42.2 Å². The molecule has 2 N–H and O–H groups in total. The molecule has 226 valence electrons. The summed E-state index contributed by atoms with van der Waals surface area (Å²) in [6.07, 6.45) is 12.0. The molecule has 0 amide bonds. The van der Waals surface area contributed by atoms with E-state index in [4.69, 9.17) is 9.47 Å². The van der Waals surface area contributed by atoms with Gasteiger partial charge in [0.15, 0.2) is 0 Å². The van der Waals surface area contributed by atoms with Gasteiger partial charge in [-0.3, -0.25) is 0 Å². The summed E-state index contributed by atoms with van der Waals surface area (Å²) in [4.78, 5) is 0. The number of rotatable bonds is 13. The van der Waals surface area contributed by atoms with Gasteiger partial charge in [0.1, 0.15) is 24.7 Å². The minimum Gasteiger partial charge on any atom is -0.488 e. The Labute approximate surface area is 284 Å². The van der Waals surface area contributed by atoms with Gasteiger partial charge in [-0.15, -0.1) is 0 Å². The third kappa shape index (κ3) is 10.3. The number of hydrogen-bond donors (Lipinski definition) is 2. The Morgan fingerprint density at radius 2 is 0.950 bits per heavy atom. The highest BCUT2D eigenvalue weighted by Gasteiger charge is 2.20. The first-order valence-electron chi connectivity index (χ1n) is 14.1. The van der Waals surface area contributed by atoms with Gasteiger partial charge in [-0.2, -0.15) is 23.5 Å². The van der Waals surface area contributed by atoms with E-state index in [1.807, 2.05) is 47.8 Å². The van der Waals surface area contributed by atoms with E-state index < -0.39 is 12.2 Å². The highest BCUT2D eigenvalue weighted by atomic mass is 79.9. The van der Waals surface area contributed by atoms with E-state index in [1.54, 1.807) is 0 Å². The number of aliphatic hydroxyl groups is 2. The molecule has 0 radical (unpaired) electrons. The second-order valence-corrected chi connectivity index (χ2v) is 16.7. The molecule has 2 atom stereocenters. The maximum Gasteiger partial charge on any atom is 0.147 e. The predicted molar refractivity (Wildman–Crippen MR) is 189 cm³/mol. The Morgan fingerprint density at radius 1 is 0.625 bits per heavy atom. The predicted octanol–water partition coefficient (Wildman–Crippen LogP) is 10.5. The Morgan fingerprint density at radius 3 is 1.27 bits per heavy atom. The number of benzene rings is 2. The Bertz CT molecular complexity index is 973. The molecule has 4 nitrogen and oxygen atoms in total. The maximum atomic E-state index is 10.5. The summed E-state index contributed by atoms with van der Waals surface area (Å²) in [5.74, 6) is 2.77. The molecule has 0 aliphatic heterocycles. The van der Waals surface area contributed by atoms with Crippen molar-refractivity contribution in [1.82, 2.24) is 0 Å². The van der Waals surface area contributed by atoms with Gasteiger partial charge in [0, 0.05) is 24.9 Å². The van der Waals surface area contributed by atoms with Crippen LogP contribution >= 0.6 is 87.2 Å². The molecule has 2 aliphatic carbocycles. The van der Waals surface area contributed by atoms with E-state index >= 15 is 0 Å². The number of aliphatic hydroxyl groups excluding tert-OH is 2. The minimum atomic E-state index is -0.505. The molecular weight excluding hydrogens is 808 g/mol. The smallest absolute Gasteiger partial charge is 0.147 e. The van der Waals surface area contributed by atoms with Crippen LogP contribution in [0.5, 0.6) is 11.5 Å². The van der Waals surface area contributed by atoms with Crippen molar-refractivity contribution in [2.75, 3.05) is 24.7 Å². The van der Waals surface area contributed by atoms with Crippen molar-refractivity contribution in [2.24, 2.45) is 0 Å². The van der Waals surface area contributed by atoms with Crippen LogP contribution < -0.4 is 9.47 Å². The Kier molecular flexibility index (Phi) is 14.4. The van der Waals surface area contributed by atoms with Crippen LogP contribution in [0, 0.1) is 0 Å². The van der Waals surface area contributed by atoms with Gasteiger partial charge in [-0.05, 0) is 125 Å². The lowest BCUT2D eigenvalue weighted by Crippen LogP contribution is -2.22. The molecule has 2 unspecified atom stereocenters. The van der Waals surface area contributed by atoms with Crippen LogP contribution in [-0.2, 0) is 0 Å². The molecule has 0 spiro atoms. The Hall–Kier alpha value is 0.580. The molecule has 2 aromatic carbocycles. The zero-order valence-electron chi connectivity index (χ0n) is 22.6. The van der Waals surface area contributed by atoms with Gasteiger partial charge in [-0.1, -0.05) is 38.5 Å². The van der Waals surface area contributed by atoms with Crippen molar-refractivity contribution in [3.63, 3.8) is 0 Å². The lowest BCUT2D eigenvalue weighted by Gasteiger charge is -2.22. The first kappa shape index (κ1) is 33.5. The quantitative estimate of drug-likeness (QED) is 0.209. The lowest BCUT2D eigenvalue weighted by atomic mass is 10.0. The lowest BCUT2D eigenvalue weighted by molar-refractivity contribution is 0.125. The van der Waals surface area contributed by atoms with Gasteiger partial charge in [0.25, 0.3) is 0 Å². The standard InChI is InChI=1S/C30H38Br4O4S2.2H2/c31-25-11-19(12-26(32)29(25)37-15-21(35)17-39-23-7-3-1-4-8-23)20-13-27(33)30(28(34)14-20)38-16-22(36)18-40-24-9-5-2-6-10-24;;/h11-14,21-24,35-36H,1-10,15-18H2;2*1H. The summed E-state index contributed by atoms with van der Waals surface area (Å²) in [7, 11) is 0.